The number of aromatic nitrogens is 1. The van der Waals surface area contributed by atoms with E-state index in [-0.39, 0.29) is 18.1 Å². The van der Waals surface area contributed by atoms with E-state index in [4.69, 9.17) is 4.74 Å². The molecule has 1 heterocycles. The third-order valence-corrected chi connectivity index (χ3v) is 5.05. The Morgan fingerprint density at radius 3 is 2.50 bits per heavy atom. The summed E-state index contributed by atoms with van der Waals surface area (Å²) in [5, 5.41) is 14.9. The van der Waals surface area contributed by atoms with Crippen LogP contribution in [0, 0.1) is 0 Å². The number of phenols is 1. The van der Waals surface area contributed by atoms with Crippen molar-refractivity contribution in [3.8, 4) is 11.5 Å². The zero-order valence-electron chi connectivity index (χ0n) is 16.6. The fourth-order valence-corrected chi connectivity index (χ4v) is 3.51. The fraction of sp³-hybridized carbons (Fsp3) is 0.120. The Kier molecular flexibility index (Phi) is 5.61. The van der Waals surface area contributed by atoms with E-state index in [2.05, 4.69) is 10.3 Å². The number of nitrogens with zero attached hydrogens (tertiary/aromatic N) is 1. The Morgan fingerprint density at radius 2 is 1.77 bits per heavy atom. The van der Waals surface area contributed by atoms with Crippen molar-refractivity contribution < 1.29 is 14.6 Å². The lowest BCUT2D eigenvalue weighted by Gasteiger charge is -2.22. The first-order chi connectivity index (χ1) is 14.7. The highest BCUT2D eigenvalue weighted by molar-refractivity contribution is 5.86. The molecule has 1 unspecified atom stereocenters. The highest BCUT2D eigenvalue weighted by Gasteiger charge is 2.22. The molecular weight excluding hydrogens is 376 g/mol. The number of nitrogens with one attached hydrogen (secondary N) is 1. The van der Waals surface area contributed by atoms with Gasteiger partial charge in [0.1, 0.15) is 17.0 Å². The molecule has 0 aliphatic heterocycles. The van der Waals surface area contributed by atoms with E-state index in [0.29, 0.717) is 11.1 Å². The lowest BCUT2D eigenvalue weighted by molar-refractivity contribution is -0.120. The Hall–Kier alpha value is -3.86. The van der Waals surface area contributed by atoms with Gasteiger partial charge in [-0.2, -0.15) is 0 Å². The molecule has 2 N–H and O–H groups in total. The zero-order valence-corrected chi connectivity index (χ0v) is 16.6. The molecule has 0 spiro atoms. The first kappa shape index (κ1) is 19.5. The highest BCUT2D eigenvalue weighted by Crippen LogP contribution is 2.35. The van der Waals surface area contributed by atoms with Crippen LogP contribution in [0.1, 0.15) is 22.7 Å². The van der Waals surface area contributed by atoms with Gasteiger partial charge < -0.3 is 15.2 Å². The summed E-state index contributed by atoms with van der Waals surface area (Å²) in [6, 6.07) is 23.9. The molecule has 0 saturated carbocycles. The minimum absolute atomic E-state index is 0.0638. The molecule has 4 aromatic rings. The van der Waals surface area contributed by atoms with Crippen molar-refractivity contribution >= 4 is 16.8 Å². The van der Waals surface area contributed by atoms with Gasteiger partial charge in [-0.15, -0.1) is 0 Å². The van der Waals surface area contributed by atoms with Crippen molar-refractivity contribution in [3.05, 3.63) is 102 Å². The lowest BCUT2D eigenvalue weighted by atomic mass is 9.95. The molecule has 0 bridgehead atoms. The van der Waals surface area contributed by atoms with Crippen molar-refractivity contribution in [1.82, 2.24) is 10.3 Å². The van der Waals surface area contributed by atoms with E-state index in [1.807, 2.05) is 78.9 Å². The van der Waals surface area contributed by atoms with E-state index < -0.39 is 6.04 Å². The molecule has 0 fully saturated rings. The predicted molar refractivity (Wildman–Crippen MR) is 117 cm³/mol. The number of benzene rings is 3. The maximum atomic E-state index is 12.8. The normalized spacial score (nSPS) is 11.8. The number of carbonyl (C=O) groups excluding carboxylic acids is 1. The van der Waals surface area contributed by atoms with Gasteiger partial charge >= 0.3 is 0 Å². The average molecular weight is 398 g/mol. The maximum Gasteiger partial charge on any atom is 0.225 e. The predicted octanol–water partition coefficient (Wildman–Crippen LogP) is 4.40. The van der Waals surface area contributed by atoms with Gasteiger partial charge in [-0.25, -0.2) is 0 Å². The van der Waals surface area contributed by atoms with E-state index >= 15 is 0 Å². The molecule has 150 valence electrons. The molecule has 0 aliphatic rings. The summed E-state index contributed by atoms with van der Waals surface area (Å²) < 4.78 is 5.25. The largest absolute Gasteiger partial charge is 0.505 e. The average Bonchev–Trinajstić information content (AvgIpc) is 2.79. The second kappa shape index (κ2) is 8.66. The number of methoxy groups -OCH3 is 1. The summed E-state index contributed by atoms with van der Waals surface area (Å²) in [7, 11) is 1.61. The van der Waals surface area contributed by atoms with Gasteiger partial charge in [-0.3, -0.25) is 9.78 Å². The van der Waals surface area contributed by atoms with Crippen LogP contribution in [0.15, 0.2) is 85.1 Å². The summed E-state index contributed by atoms with van der Waals surface area (Å²) >= 11 is 0. The van der Waals surface area contributed by atoms with E-state index in [9.17, 15) is 9.90 Å². The molecule has 5 heteroatoms. The van der Waals surface area contributed by atoms with Crippen LogP contribution < -0.4 is 10.1 Å². The number of pyridine rings is 1. The Balaban J connectivity index is 1.71. The molecule has 4 rings (SSSR count). The van der Waals surface area contributed by atoms with Crippen molar-refractivity contribution in [1.29, 1.82) is 0 Å². The van der Waals surface area contributed by atoms with Crippen LogP contribution in [0.25, 0.3) is 10.9 Å². The number of hydrogen-bond donors (Lipinski definition) is 2. The van der Waals surface area contributed by atoms with Crippen LogP contribution in [0.3, 0.4) is 0 Å². The van der Waals surface area contributed by atoms with Gasteiger partial charge in [0.2, 0.25) is 5.91 Å². The van der Waals surface area contributed by atoms with Crippen LogP contribution in [-0.2, 0) is 11.2 Å². The molecule has 1 amide bonds. The third kappa shape index (κ3) is 4.10. The number of ether oxygens (including phenoxy) is 1. The molecule has 5 nitrogen and oxygen atoms in total. The van der Waals surface area contributed by atoms with Gasteiger partial charge in [0.15, 0.2) is 0 Å². The first-order valence-electron chi connectivity index (χ1n) is 9.69. The van der Waals surface area contributed by atoms with Crippen LogP contribution in [0.4, 0.5) is 0 Å². The second-order valence-corrected chi connectivity index (χ2v) is 7.01. The molecule has 0 aliphatic carbocycles. The standard InChI is InChI=1S/C25H22N2O3/c1-30-20-12-9-19(10-13-20)23(27-22(28)16-17-6-3-2-4-7-17)21-14-11-18-8-5-15-26-24(18)25(21)29/h2-15,23,29H,16H2,1H3,(H,27,28). The van der Waals surface area contributed by atoms with Gasteiger partial charge in [0.05, 0.1) is 19.6 Å². The smallest absolute Gasteiger partial charge is 0.225 e. The SMILES string of the molecule is COc1ccc(C(NC(=O)Cc2ccccc2)c2ccc3cccnc3c2O)cc1. The van der Waals surface area contributed by atoms with Crippen molar-refractivity contribution in [2.75, 3.05) is 7.11 Å². The minimum Gasteiger partial charge on any atom is -0.505 e. The molecular formula is C25H22N2O3. The van der Waals surface area contributed by atoms with Crippen LogP contribution in [0.2, 0.25) is 0 Å². The van der Waals surface area contributed by atoms with Gasteiger partial charge in [-0.05, 0) is 29.3 Å². The van der Waals surface area contributed by atoms with E-state index in [0.717, 1.165) is 22.3 Å². The molecule has 0 saturated heterocycles. The van der Waals surface area contributed by atoms with Gasteiger partial charge in [0, 0.05) is 17.1 Å². The van der Waals surface area contributed by atoms with E-state index in [1.54, 1.807) is 13.3 Å². The van der Waals surface area contributed by atoms with Crippen molar-refractivity contribution in [2.45, 2.75) is 12.5 Å². The second-order valence-electron chi connectivity index (χ2n) is 7.01. The number of fused-ring (bicyclic) bond motifs is 1. The number of amides is 1. The summed E-state index contributed by atoms with van der Waals surface area (Å²) in [5.41, 5.74) is 2.86. The minimum atomic E-state index is -0.529. The number of hydrogen-bond acceptors (Lipinski definition) is 4. The summed E-state index contributed by atoms with van der Waals surface area (Å²) in [6.07, 6.45) is 1.89. The number of phenolic OH excluding ortho intramolecular Hbond substituents is 1. The third-order valence-electron chi connectivity index (χ3n) is 5.05. The van der Waals surface area contributed by atoms with Crippen molar-refractivity contribution in [3.63, 3.8) is 0 Å². The van der Waals surface area contributed by atoms with Crippen molar-refractivity contribution in [2.24, 2.45) is 0 Å². The number of aromatic hydroxyl groups is 1. The van der Waals surface area contributed by atoms with Crippen LogP contribution in [-0.4, -0.2) is 23.1 Å². The molecule has 3 aromatic carbocycles. The first-order valence-corrected chi connectivity index (χ1v) is 9.69. The van der Waals surface area contributed by atoms with Crippen LogP contribution >= 0.6 is 0 Å². The quantitative estimate of drug-likeness (QED) is 0.505. The summed E-state index contributed by atoms with van der Waals surface area (Å²) in [4.78, 5) is 17.1. The van der Waals surface area contributed by atoms with Gasteiger partial charge in [-0.1, -0.05) is 60.7 Å². The summed E-state index contributed by atoms with van der Waals surface area (Å²) in [6.45, 7) is 0. The molecule has 1 atom stereocenters. The zero-order chi connectivity index (χ0) is 20.9. The Bertz CT molecular complexity index is 1160. The fourth-order valence-electron chi connectivity index (χ4n) is 3.51. The summed E-state index contributed by atoms with van der Waals surface area (Å²) in [5.74, 6) is 0.647. The molecule has 1 aromatic heterocycles. The topological polar surface area (TPSA) is 71.5 Å². The molecule has 0 radical (unpaired) electrons. The lowest BCUT2D eigenvalue weighted by Crippen LogP contribution is -2.30. The highest BCUT2D eigenvalue weighted by atomic mass is 16.5. The van der Waals surface area contributed by atoms with Crippen LogP contribution in [0.5, 0.6) is 11.5 Å². The monoisotopic (exact) mass is 398 g/mol. The van der Waals surface area contributed by atoms with Gasteiger partial charge in [0.25, 0.3) is 0 Å². The molecule has 30 heavy (non-hydrogen) atoms. The number of carbonyl (C=O) groups is 1. The maximum absolute atomic E-state index is 12.8. The number of rotatable bonds is 6. The Labute approximate surface area is 175 Å². The Morgan fingerprint density at radius 1 is 1.00 bits per heavy atom. The van der Waals surface area contributed by atoms with E-state index in [1.165, 1.54) is 0 Å².